The maximum Gasteiger partial charge on any atom is 0.170 e. The first-order valence-electron chi connectivity index (χ1n) is 4.78. The van der Waals surface area contributed by atoms with Gasteiger partial charge < -0.3 is 0 Å². The number of halogens is 1. The Hall–Kier alpha value is -1.89. The normalized spacial score (nSPS) is 10.4. The van der Waals surface area contributed by atoms with Crippen LogP contribution in [0.3, 0.4) is 0 Å². The average Bonchev–Trinajstić information content (AvgIpc) is 2.65. The first kappa shape index (κ1) is 9.66. The largest absolute Gasteiger partial charge is 0.263 e. The van der Waals surface area contributed by atoms with Crippen molar-refractivity contribution in [3.05, 3.63) is 30.0 Å². The van der Waals surface area contributed by atoms with Gasteiger partial charge >= 0.3 is 0 Å². The van der Waals surface area contributed by atoms with Crippen LogP contribution < -0.4 is 0 Å². The molecular weight excluding hydrogens is 193 g/mol. The molecule has 0 aliphatic rings. The third-order valence-electron chi connectivity index (χ3n) is 2.27. The second kappa shape index (κ2) is 4.09. The van der Waals surface area contributed by atoms with E-state index in [1.807, 2.05) is 30.3 Å². The van der Waals surface area contributed by atoms with Crippen LogP contribution in [0, 0.1) is 11.3 Å². The van der Waals surface area contributed by atoms with Gasteiger partial charge in [-0.1, -0.05) is 12.1 Å². The van der Waals surface area contributed by atoms with Gasteiger partial charge in [-0.15, -0.1) is 0 Å². The molecule has 2 aromatic rings. The lowest BCUT2D eigenvalue weighted by molar-refractivity contribution is 0.438. The van der Waals surface area contributed by atoms with Crippen LogP contribution in [-0.4, -0.2) is 16.5 Å². The van der Waals surface area contributed by atoms with Crippen LogP contribution in [0.1, 0.15) is 12.1 Å². The first-order chi connectivity index (χ1) is 7.36. The van der Waals surface area contributed by atoms with Crippen molar-refractivity contribution < 1.29 is 4.39 Å². The second-order valence-corrected chi connectivity index (χ2v) is 3.24. The van der Waals surface area contributed by atoms with Crippen LogP contribution in [0.25, 0.3) is 10.9 Å². The topological polar surface area (TPSA) is 41.6 Å². The summed E-state index contributed by atoms with van der Waals surface area (Å²) in [5, 5.41) is 13.8. The summed E-state index contributed by atoms with van der Waals surface area (Å²) in [5.41, 5.74) is 1.30. The molecule has 4 heteroatoms. The summed E-state index contributed by atoms with van der Waals surface area (Å²) in [6.07, 6.45) is 0.427. The van der Waals surface area contributed by atoms with Gasteiger partial charge in [-0.2, -0.15) is 10.4 Å². The Morgan fingerprint density at radius 3 is 2.93 bits per heavy atom. The molecule has 3 nitrogen and oxygen atoms in total. The minimum Gasteiger partial charge on any atom is -0.263 e. The van der Waals surface area contributed by atoms with E-state index in [9.17, 15) is 4.39 Å². The molecule has 76 valence electrons. The van der Waals surface area contributed by atoms with Gasteiger partial charge in [0.25, 0.3) is 0 Å². The van der Waals surface area contributed by atoms with Crippen molar-refractivity contribution in [3.63, 3.8) is 0 Å². The molecule has 0 amide bonds. The molecule has 0 N–H and O–H groups in total. The Bertz CT molecular complexity index is 510. The molecule has 15 heavy (non-hydrogen) atoms. The SMILES string of the molecule is N#Cc1nn(CCCF)c2ccccc12. The van der Waals surface area contributed by atoms with E-state index in [4.69, 9.17) is 5.26 Å². The third kappa shape index (κ3) is 1.68. The average molecular weight is 203 g/mol. The molecule has 0 bridgehead atoms. The number of benzene rings is 1. The van der Waals surface area contributed by atoms with Crippen molar-refractivity contribution in [2.24, 2.45) is 0 Å². The lowest BCUT2D eigenvalue weighted by Crippen LogP contribution is -2.00. The summed E-state index contributed by atoms with van der Waals surface area (Å²) in [5.74, 6) is 0. The minimum atomic E-state index is -0.365. The highest BCUT2D eigenvalue weighted by molar-refractivity contribution is 5.84. The van der Waals surface area contributed by atoms with E-state index in [1.54, 1.807) is 4.68 Å². The van der Waals surface area contributed by atoms with Crippen LogP contribution in [-0.2, 0) is 6.54 Å². The summed E-state index contributed by atoms with van der Waals surface area (Å²) >= 11 is 0. The highest BCUT2D eigenvalue weighted by Crippen LogP contribution is 2.17. The van der Waals surface area contributed by atoms with Gasteiger partial charge in [-0.05, 0) is 18.6 Å². The molecule has 1 heterocycles. The molecule has 0 unspecified atom stereocenters. The van der Waals surface area contributed by atoms with Crippen molar-refractivity contribution in [2.45, 2.75) is 13.0 Å². The van der Waals surface area contributed by atoms with E-state index in [0.717, 1.165) is 10.9 Å². The molecule has 1 aromatic heterocycles. The molecule has 0 saturated heterocycles. The van der Waals surface area contributed by atoms with E-state index >= 15 is 0 Å². The second-order valence-electron chi connectivity index (χ2n) is 3.24. The minimum absolute atomic E-state index is 0.365. The summed E-state index contributed by atoms with van der Waals surface area (Å²) < 4.78 is 13.7. The predicted molar refractivity (Wildman–Crippen MR) is 55.0 cm³/mol. The summed E-state index contributed by atoms with van der Waals surface area (Å²) in [4.78, 5) is 0. The number of aryl methyl sites for hydroxylation is 1. The lowest BCUT2D eigenvalue weighted by Gasteiger charge is -1.99. The zero-order chi connectivity index (χ0) is 10.7. The monoisotopic (exact) mass is 203 g/mol. The number of nitrogens with zero attached hydrogens (tertiary/aromatic N) is 3. The van der Waals surface area contributed by atoms with Crippen molar-refractivity contribution in [2.75, 3.05) is 6.67 Å². The number of hydrogen-bond acceptors (Lipinski definition) is 2. The predicted octanol–water partition coefficient (Wildman–Crippen LogP) is 2.27. The number of para-hydroxylation sites is 1. The lowest BCUT2D eigenvalue weighted by atomic mass is 10.2. The van der Waals surface area contributed by atoms with E-state index in [2.05, 4.69) is 5.10 Å². The molecule has 0 radical (unpaired) electrons. The fourth-order valence-electron chi connectivity index (χ4n) is 1.59. The van der Waals surface area contributed by atoms with E-state index in [-0.39, 0.29) is 6.67 Å². The van der Waals surface area contributed by atoms with Crippen molar-refractivity contribution in [1.82, 2.24) is 9.78 Å². The summed E-state index contributed by atoms with van der Waals surface area (Å²) in [7, 11) is 0. The molecule has 0 atom stereocenters. The maximum atomic E-state index is 12.1. The Balaban J connectivity index is 2.51. The molecule has 1 aromatic carbocycles. The Kier molecular flexibility index (Phi) is 2.64. The van der Waals surface area contributed by atoms with Crippen LogP contribution in [0.5, 0.6) is 0 Å². The van der Waals surface area contributed by atoms with Gasteiger partial charge in [0.15, 0.2) is 5.69 Å². The number of rotatable bonds is 3. The molecule has 0 spiro atoms. The van der Waals surface area contributed by atoms with Crippen LogP contribution in [0.4, 0.5) is 4.39 Å². The fraction of sp³-hybridized carbons (Fsp3) is 0.273. The van der Waals surface area contributed by atoms with Crippen molar-refractivity contribution in [3.8, 4) is 6.07 Å². The van der Waals surface area contributed by atoms with E-state index in [1.165, 1.54) is 0 Å². The number of hydrogen-bond donors (Lipinski definition) is 0. The number of alkyl halides is 1. The molecule has 2 rings (SSSR count). The van der Waals surface area contributed by atoms with E-state index in [0.29, 0.717) is 18.7 Å². The van der Waals surface area contributed by atoms with Gasteiger partial charge in [-0.3, -0.25) is 9.07 Å². The number of nitriles is 1. The van der Waals surface area contributed by atoms with Gasteiger partial charge in [0.05, 0.1) is 12.2 Å². The highest BCUT2D eigenvalue weighted by Gasteiger charge is 2.08. The van der Waals surface area contributed by atoms with E-state index < -0.39 is 0 Å². The highest BCUT2D eigenvalue weighted by atomic mass is 19.1. The molecule has 0 saturated carbocycles. The molecular formula is C11H10FN3. The third-order valence-corrected chi connectivity index (χ3v) is 2.27. The fourth-order valence-corrected chi connectivity index (χ4v) is 1.59. The molecule has 0 fully saturated rings. The Morgan fingerprint density at radius 1 is 1.40 bits per heavy atom. The molecule has 0 aliphatic carbocycles. The zero-order valence-electron chi connectivity index (χ0n) is 8.15. The Labute approximate surface area is 86.7 Å². The molecule has 0 aliphatic heterocycles. The van der Waals surface area contributed by atoms with Crippen LogP contribution >= 0.6 is 0 Å². The quantitative estimate of drug-likeness (QED) is 0.767. The smallest absolute Gasteiger partial charge is 0.170 e. The van der Waals surface area contributed by atoms with Gasteiger partial charge in [0.2, 0.25) is 0 Å². The van der Waals surface area contributed by atoms with Gasteiger partial charge in [-0.25, -0.2) is 0 Å². The van der Waals surface area contributed by atoms with Crippen molar-refractivity contribution >= 4 is 10.9 Å². The first-order valence-corrected chi connectivity index (χ1v) is 4.78. The Morgan fingerprint density at radius 2 is 2.20 bits per heavy atom. The van der Waals surface area contributed by atoms with Crippen molar-refractivity contribution in [1.29, 1.82) is 5.26 Å². The number of aromatic nitrogens is 2. The maximum absolute atomic E-state index is 12.1. The standard InChI is InChI=1S/C11H10FN3/c12-6-3-7-15-11-5-2-1-4-9(11)10(8-13)14-15/h1-2,4-5H,3,6-7H2. The van der Waals surface area contributed by atoms with Gasteiger partial charge in [0.1, 0.15) is 6.07 Å². The zero-order valence-corrected chi connectivity index (χ0v) is 8.15. The summed E-state index contributed by atoms with van der Waals surface area (Å²) in [6.45, 7) is 0.148. The van der Waals surface area contributed by atoms with Crippen LogP contribution in [0.2, 0.25) is 0 Å². The summed E-state index contributed by atoms with van der Waals surface area (Å²) in [6, 6.07) is 9.54. The number of fused-ring (bicyclic) bond motifs is 1. The van der Waals surface area contributed by atoms with Gasteiger partial charge in [0, 0.05) is 11.9 Å². The van der Waals surface area contributed by atoms with Crippen LogP contribution in [0.15, 0.2) is 24.3 Å².